The molecular formula is C14H21NO. The van der Waals surface area contributed by atoms with E-state index in [2.05, 4.69) is 43.3 Å². The van der Waals surface area contributed by atoms with Crippen molar-refractivity contribution < 1.29 is 5.21 Å². The van der Waals surface area contributed by atoms with Gasteiger partial charge in [0.25, 0.3) is 0 Å². The lowest BCUT2D eigenvalue weighted by atomic mass is 9.99. The average molecular weight is 219 g/mol. The largest absolute Gasteiger partial charge is 0.411 e. The maximum Gasteiger partial charge on any atom is 0.0570 e. The Morgan fingerprint density at radius 1 is 0.938 bits per heavy atom. The van der Waals surface area contributed by atoms with Gasteiger partial charge in [0.1, 0.15) is 0 Å². The number of oxime groups is 1. The smallest absolute Gasteiger partial charge is 0.0570 e. The Kier molecular flexibility index (Phi) is 5.62. The van der Waals surface area contributed by atoms with E-state index in [1.165, 1.54) is 30.4 Å². The molecule has 0 atom stereocenters. The standard InChI is InChI=1S/C8H10.C6H11NO/c1-7-5-3-4-6-8(7)2;8-7-6-4-2-1-3-5-6/h3-6H,1-2H3;8H,1-5H2. The van der Waals surface area contributed by atoms with Crippen LogP contribution in [0.5, 0.6) is 0 Å². The number of hydrogen-bond acceptors (Lipinski definition) is 2. The molecule has 1 aromatic rings. The Labute approximate surface area is 98.0 Å². The van der Waals surface area contributed by atoms with E-state index in [1.807, 2.05) is 0 Å². The first kappa shape index (κ1) is 12.8. The first-order chi connectivity index (χ1) is 7.74. The molecule has 1 aliphatic rings. The summed E-state index contributed by atoms with van der Waals surface area (Å²) in [5.41, 5.74) is 3.72. The van der Waals surface area contributed by atoms with Crippen molar-refractivity contribution in [1.29, 1.82) is 0 Å². The molecule has 2 heteroatoms. The number of nitrogens with zero attached hydrogens (tertiary/aromatic N) is 1. The Hall–Kier alpha value is -1.31. The van der Waals surface area contributed by atoms with Crippen LogP contribution in [0.25, 0.3) is 0 Å². The van der Waals surface area contributed by atoms with E-state index in [-0.39, 0.29) is 0 Å². The SMILES string of the molecule is Cc1ccccc1C.ON=C1CCCCC1. The summed E-state index contributed by atoms with van der Waals surface area (Å²) in [5.74, 6) is 0. The molecule has 0 aliphatic heterocycles. The minimum atomic E-state index is 0.983. The van der Waals surface area contributed by atoms with Crippen molar-refractivity contribution in [3.8, 4) is 0 Å². The van der Waals surface area contributed by atoms with E-state index >= 15 is 0 Å². The van der Waals surface area contributed by atoms with Crippen LogP contribution in [-0.4, -0.2) is 10.9 Å². The van der Waals surface area contributed by atoms with Crippen LogP contribution in [-0.2, 0) is 0 Å². The Morgan fingerprint density at radius 2 is 1.44 bits per heavy atom. The van der Waals surface area contributed by atoms with Crippen molar-refractivity contribution in [2.75, 3.05) is 0 Å². The van der Waals surface area contributed by atoms with Gasteiger partial charge in [-0.1, -0.05) is 35.8 Å². The average Bonchev–Trinajstić information content (AvgIpc) is 2.35. The molecule has 1 aliphatic carbocycles. The molecule has 0 heterocycles. The minimum absolute atomic E-state index is 0.983. The van der Waals surface area contributed by atoms with E-state index in [0.717, 1.165) is 18.6 Å². The summed E-state index contributed by atoms with van der Waals surface area (Å²) < 4.78 is 0. The fourth-order valence-corrected chi connectivity index (χ4v) is 1.72. The van der Waals surface area contributed by atoms with Crippen LogP contribution in [0, 0.1) is 13.8 Å². The van der Waals surface area contributed by atoms with Crippen molar-refractivity contribution in [3.05, 3.63) is 35.4 Å². The zero-order valence-corrected chi connectivity index (χ0v) is 10.2. The van der Waals surface area contributed by atoms with Gasteiger partial charge in [0.05, 0.1) is 5.71 Å². The molecule has 88 valence electrons. The number of hydrogen-bond donors (Lipinski definition) is 1. The van der Waals surface area contributed by atoms with Gasteiger partial charge in [-0.25, -0.2) is 0 Å². The first-order valence-corrected chi connectivity index (χ1v) is 5.96. The fraction of sp³-hybridized carbons (Fsp3) is 0.500. The van der Waals surface area contributed by atoms with Crippen LogP contribution in [0.2, 0.25) is 0 Å². The molecule has 0 aromatic heterocycles. The quantitative estimate of drug-likeness (QED) is 0.517. The van der Waals surface area contributed by atoms with Crippen molar-refractivity contribution >= 4 is 5.71 Å². The van der Waals surface area contributed by atoms with E-state index in [4.69, 9.17) is 5.21 Å². The van der Waals surface area contributed by atoms with Crippen LogP contribution >= 0.6 is 0 Å². The Balaban J connectivity index is 0.000000160. The second-order valence-corrected chi connectivity index (χ2v) is 4.31. The molecule has 1 aromatic carbocycles. The summed E-state index contributed by atoms with van der Waals surface area (Å²) in [6.07, 6.45) is 5.74. The van der Waals surface area contributed by atoms with Crippen LogP contribution in [0.3, 0.4) is 0 Å². The maximum absolute atomic E-state index is 8.28. The van der Waals surface area contributed by atoms with Gasteiger partial charge in [0.15, 0.2) is 0 Å². The molecule has 2 rings (SSSR count). The molecule has 0 spiro atoms. The second kappa shape index (κ2) is 7.04. The Bertz CT molecular complexity index is 315. The zero-order valence-electron chi connectivity index (χ0n) is 10.2. The van der Waals surface area contributed by atoms with Gasteiger partial charge in [-0.05, 0) is 50.7 Å². The number of aryl methyl sites for hydroxylation is 2. The summed E-state index contributed by atoms with van der Waals surface area (Å²) in [5, 5.41) is 11.4. The summed E-state index contributed by atoms with van der Waals surface area (Å²) in [7, 11) is 0. The van der Waals surface area contributed by atoms with Crippen LogP contribution in [0.4, 0.5) is 0 Å². The molecule has 2 nitrogen and oxygen atoms in total. The molecule has 0 unspecified atom stereocenters. The van der Waals surface area contributed by atoms with E-state index < -0.39 is 0 Å². The lowest BCUT2D eigenvalue weighted by Crippen LogP contribution is -2.03. The van der Waals surface area contributed by atoms with Gasteiger partial charge in [0.2, 0.25) is 0 Å². The number of benzene rings is 1. The van der Waals surface area contributed by atoms with Crippen LogP contribution in [0.1, 0.15) is 43.2 Å². The Morgan fingerprint density at radius 3 is 1.75 bits per heavy atom. The molecule has 0 amide bonds. The lowest BCUT2D eigenvalue weighted by Gasteiger charge is -2.08. The van der Waals surface area contributed by atoms with Gasteiger partial charge in [-0.2, -0.15) is 0 Å². The van der Waals surface area contributed by atoms with Gasteiger partial charge < -0.3 is 5.21 Å². The number of rotatable bonds is 0. The highest BCUT2D eigenvalue weighted by molar-refractivity contribution is 5.84. The van der Waals surface area contributed by atoms with Crippen molar-refractivity contribution in [3.63, 3.8) is 0 Å². The van der Waals surface area contributed by atoms with Crippen molar-refractivity contribution in [2.45, 2.75) is 46.0 Å². The third kappa shape index (κ3) is 4.47. The molecule has 0 bridgehead atoms. The second-order valence-electron chi connectivity index (χ2n) is 4.31. The maximum atomic E-state index is 8.28. The summed E-state index contributed by atoms with van der Waals surface area (Å²) >= 11 is 0. The molecule has 1 N–H and O–H groups in total. The summed E-state index contributed by atoms with van der Waals surface area (Å²) in [6, 6.07) is 8.36. The topological polar surface area (TPSA) is 32.6 Å². The van der Waals surface area contributed by atoms with Crippen LogP contribution in [0.15, 0.2) is 29.4 Å². The van der Waals surface area contributed by atoms with Gasteiger partial charge in [0, 0.05) is 0 Å². The highest BCUT2D eigenvalue weighted by Crippen LogP contribution is 2.13. The van der Waals surface area contributed by atoms with Gasteiger partial charge in [-0.3, -0.25) is 0 Å². The zero-order chi connectivity index (χ0) is 11.8. The molecule has 1 fully saturated rings. The van der Waals surface area contributed by atoms with Gasteiger partial charge in [-0.15, -0.1) is 0 Å². The molecule has 0 radical (unpaired) electrons. The van der Waals surface area contributed by atoms with Crippen molar-refractivity contribution in [2.24, 2.45) is 5.16 Å². The fourth-order valence-electron chi connectivity index (χ4n) is 1.72. The van der Waals surface area contributed by atoms with Gasteiger partial charge >= 0.3 is 0 Å². The van der Waals surface area contributed by atoms with E-state index in [9.17, 15) is 0 Å². The molecule has 1 saturated carbocycles. The predicted octanol–water partition coefficient (Wildman–Crippen LogP) is 4.08. The third-order valence-electron chi connectivity index (χ3n) is 3.00. The highest BCUT2D eigenvalue weighted by Gasteiger charge is 2.05. The molecule has 0 saturated heterocycles. The minimum Gasteiger partial charge on any atom is -0.411 e. The summed E-state index contributed by atoms with van der Waals surface area (Å²) in [4.78, 5) is 0. The molecule has 16 heavy (non-hydrogen) atoms. The monoisotopic (exact) mass is 219 g/mol. The molecular weight excluding hydrogens is 198 g/mol. The van der Waals surface area contributed by atoms with E-state index in [0.29, 0.717) is 0 Å². The van der Waals surface area contributed by atoms with Crippen LogP contribution < -0.4 is 0 Å². The van der Waals surface area contributed by atoms with Crippen molar-refractivity contribution in [1.82, 2.24) is 0 Å². The predicted molar refractivity (Wildman–Crippen MR) is 68.2 cm³/mol. The highest BCUT2D eigenvalue weighted by atomic mass is 16.4. The lowest BCUT2D eigenvalue weighted by molar-refractivity contribution is 0.314. The first-order valence-electron chi connectivity index (χ1n) is 5.96. The summed E-state index contributed by atoms with van der Waals surface area (Å²) in [6.45, 7) is 4.24. The third-order valence-corrected chi connectivity index (χ3v) is 3.00. The van der Waals surface area contributed by atoms with E-state index in [1.54, 1.807) is 0 Å². The normalized spacial score (nSPS) is 15.0.